The summed E-state index contributed by atoms with van der Waals surface area (Å²) in [5.74, 6) is 0. The topological polar surface area (TPSA) is 45.1 Å². The monoisotopic (exact) mass is 387 g/mol. The number of benzene rings is 1. The van der Waals surface area contributed by atoms with Crippen LogP contribution in [0, 0.1) is 0 Å². The second kappa shape index (κ2) is 6.70. The number of halogens is 6. The molecule has 26 heavy (non-hydrogen) atoms. The maximum Gasteiger partial charge on any atom is 0.433 e. The van der Waals surface area contributed by atoms with Gasteiger partial charge in [-0.3, -0.25) is 0 Å². The Kier molecular flexibility index (Phi) is 2.69. The molecule has 1 aliphatic rings. The summed E-state index contributed by atoms with van der Waals surface area (Å²) in [5, 5.41) is 11.6. The minimum Gasteiger partial charge on any atom is -0.387 e. The predicted octanol–water partition coefficient (Wildman–Crippen LogP) is 4.45. The molecule has 0 aliphatic carbocycles. The molecule has 0 saturated carbocycles. The van der Waals surface area contributed by atoms with Crippen LogP contribution in [0.15, 0.2) is 24.3 Å². The van der Waals surface area contributed by atoms with E-state index in [1.165, 1.54) is 5.32 Å². The van der Waals surface area contributed by atoms with Crippen molar-refractivity contribution in [2.45, 2.75) is 43.6 Å². The maximum atomic E-state index is 13.5. The summed E-state index contributed by atoms with van der Waals surface area (Å²) >= 11 is 0. The van der Waals surface area contributed by atoms with E-state index in [1.54, 1.807) is 0 Å². The second-order valence-electron chi connectivity index (χ2n) is 5.24. The molecule has 1 aromatic heterocycles. The van der Waals surface area contributed by atoms with Crippen LogP contribution in [0.3, 0.4) is 0 Å². The molecule has 3 rings (SSSR count). The van der Waals surface area contributed by atoms with Gasteiger partial charge in [0.25, 0.3) is 0 Å². The number of alkyl halides is 6. The molecule has 2 atom stereocenters. The van der Waals surface area contributed by atoms with Gasteiger partial charge in [-0.25, -0.2) is 4.98 Å². The molecule has 2 heterocycles. The molecule has 1 saturated heterocycles. The maximum absolute atomic E-state index is 13.5. The molecule has 0 unspecified atom stereocenters. The number of aliphatic hydroxyl groups is 1. The highest BCUT2D eigenvalue weighted by Gasteiger charge is 2.38. The first kappa shape index (κ1) is 10.5. The summed E-state index contributed by atoms with van der Waals surface area (Å²) in [7, 11) is 0. The lowest BCUT2D eigenvalue weighted by Gasteiger charge is -2.29. The Bertz CT molecular complexity index is 1170. The Morgan fingerprint density at radius 3 is 2.58 bits per heavy atom. The van der Waals surface area contributed by atoms with Crippen molar-refractivity contribution in [3.63, 3.8) is 0 Å². The first-order valence-electron chi connectivity index (χ1n) is 11.5. The fraction of sp³-hybridized carbons (Fsp3) is 0.471. The fourth-order valence-electron chi connectivity index (χ4n) is 2.43. The second-order valence-corrected chi connectivity index (χ2v) is 5.24. The highest BCUT2D eigenvalue weighted by Crippen LogP contribution is 2.39. The predicted molar refractivity (Wildman–Crippen MR) is 82.3 cm³/mol. The number of rotatable bonds is 2. The van der Waals surface area contributed by atoms with Crippen molar-refractivity contribution >= 4 is 10.9 Å². The molecule has 2 aromatic rings. The number of aromatic nitrogens is 1. The molecule has 9 heteroatoms. The van der Waals surface area contributed by atoms with Gasteiger partial charge in [-0.15, -0.1) is 0 Å². The van der Waals surface area contributed by atoms with Crippen LogP contribution in [-0.4, -0.2) is 22.6 Å². The highest BCUT2D eigenvalue weighted by atomic mass is 19.4. The quantitative estimate of drug-likeness (QED) is 0.749. The molecular weight excluding hydrogens is 362 g/mol. The van der Waals surface area contributed by atoms with Gasteiger partial charge in [0.15, 0.2) is 0 Å². The Labute approximate surface area is 157 Å². The van der Waals surface area contributed by atoms with Gasteiger partial charge in [-0.05, 0) is 36.9 Å². The lowest BCUT2D eigenvalue weighted by molar-refractivity contribution is -0.142. The molecule has 0 amide bonds. The van der Waals surface area contributed by atoms with E-state index in [4.69, 9.17) is 12.3 Å². The van der Waals surface area contributed by atoms with Crippen LogP contribution in [0.25, 0.3) is 10.9 Å². The molecule has 0 spiro atoms. The number of nitrogens with one attached hydrogen (secondary N) is 1. The van der Waals surface area contributed by atoms with Gasteiger partial charge in [0, 0.05) is 23.7 Å². The minimum atomic E-state index is -5.36. The number of pyridine rings is 1. The lowest BCUT2D eigenvalue weighted by atomic mass is 9.91. The molecule has 142 valence electrons. The molecule has 1 aliphatic heterocycles. The fourth-order valence-corrected chi connectivity index (χ4v) is 2.43. The zero-order valence-corrected chi connectivity index (χ0v) is 12.5. The number of hydrogen-bond donors (Lipinski definition) is 2. The van der Waals surface area contributed by atoms with Crippen LogP contribution >= 0.6 is 0 Å². The minimum absolute atomic E-state index is 0.0512. The van der Waals surface area contributed by atoms with E-state index in [2.05, 4.69) is 4.98 Å². The Balaban J connectivity index is 2.39. The Morgan fingerprint density at radius 1 is 1.19 bits per heavy atom. The highest BCUT2D eigenvalue weighted by molar-refractivity contribution is 5.86. The van der Waals surface area contributed by atoms with Gasteiger partial charge in [-0.1, -0.05) is 18.5 Å². The zero-order valence-electron chi connectivity index (χ0n) is 21.5. The van der Waals surface area contributed by atoms with Gasteiger partial charge >= 0.3 is 12.4 Å². The molecule has 1 fully saturated rings. The van der Waals surface area contributed by atoms with E-state index in [-0.39, 0.29) is 6.07 Å². The number of piperidine rings is 1. The number of nitrogens with zero attached hydrogens (tertiary/aromatic N) is 1. The van der Waals surface area contributed by atoms with Crippen molar-refractivity contribution in [1.82, 2.24) is 10.3 Å². The molecule has 3 nitrogen and oxygen atoms in total. The average molecular weight is 387 g/mol. The smallest absolute Gasteiger partial charge is 0.387 e. The van der Waals surface area contributed by atoms with E-state index >= 15 is 0 Å². The molecule has 0 bridgehead atoms. The zero-order chi connectivity index (χ0) is 27.2. The Morgan fingerprint density at radius 2 is 1.92 bits per heavy atom. The van der Waals surface area contributed by atoms with Crippen LogP contribution in [0.5, 0.6) is 0 Å². The molecule has 1 aromatic carbocycles. The van der Waals surface area contributed by atoms with E-state index in [0.29, 0.717) is 6.07 Å². The van der Waals surface area contributed by atoms with Crippen molar-refractivity contribution in [1.29, 1.82) is 0 Å². The summed E-state index contributed by atoms with van der Waals surface area (Å²) in [5.41, 5.74) is -6.02. The summed E-state index contributed by atoms with van der Waals surface area (Å²) in [6.07, 6.45) is -24.9. The van der Waals surface area contributed by atoms with Crippen LogP contribution < -0.4 is 5.32 Å². The first-order chi connectivity index (χ1) is 15.4. The number of fused-ring (bicyclic) bond motifs is 1. The SMILES string of the molecule is [2H]C1([2H])N[C@@]([2H])([C@@H](O)c2cc(C(F)(F)F)nc3c(C(F)(F)F)cccc23)C([2H])([2H])C([2H])([2H])C1([2H])[2H]. The third-order valence-electron chi connectivity index (χ3n) is 3.55. The van der Waals surface area contributed by atoms with Gasteiger partial charge in [0.05, 0.1) is 17.2 Å². The summed E-state index contributed by atoms with van der Waals surface area (Å²) < 4.78 is 152. The number of para-hydroxylation sites is 1. The number of aliphatic hydroxyl groups excluding tert-OH is 1. The van der Waals surface area contributed by atoms with E-state index in [0.717, 1.165) is 12.1 Å². The molecule has 2 N–H and O–H groups in total. The standard InChI is InChI=1S/C17H16F6N2O/c18-16(19,20)11-5-3-4-9-10(15(26)12-6-1-2-7-24-12)8-13(17(21,22)23)25-14(9)11/h3-5,8,12,15,24,26H,1-2,6-7H2/t12-,15+/m1/s1/i1D2,2D2,6D2,7D2,12D. The van der Waals surface area contributed by atoms with Crippen LogP contribution in [0.1, 0.15) is 54.4 Å². The van der Waals surface area contributed by atoms with Gasteiger partial charge in [-0.2, -0.15) is 26.3 Å². The van der Waals surface area contributed by atoms with Gasteiger partial charge < -0.3 is 10.4 Å². The third-order valence-corrected chi connectivity index (χ3v) is 3.55. The Hall–Kier alpha value is -1.87. The van der Waals surface area contributed by atoms with Crippen molar-refractivity contribution < 1.29 is 43.8 Å². The van der Waals surface area contributed by atoms with Gasteiger partial charge in [0.2, 0.25) is 0 Å². The number of hydrogen-bond acceptors (Lipinski definition) is 3. The normalized spacial score (nSPS) is 36.0. The van der Waals surface area contributed by atoms with E-state index < -0.39 is 77.8 Å². The lowest BCUT2D eigenvalue weighted by Crippen LogP contribution is -2.39. The first-order valence-corrected chi connectivity index (χ1v) is 6.99. The van der Waals surface area contributed by atoms with Crippen LogP contribution in [0.2, 0.25) is 0 Å². The van der Waals surface area contributed by atoms with E-state index in [9.17, 15) is 31.4 Å². The third kappa shape index (κ3) is 3.64. The van der Waals surface area contributed by atoms with Crippen LogP contribution in [0.4, 0.5) is 26.3 Å². The summed E-state index contributed by atoms with van der Waals surface area (Å²) in [6, 6.07) is -1.60. The summed E-state index contributed by atoms with van der Waals surface area (Å²) in [6.45, 7) is -3.56. The molecular formula is C17H16F6N2O. The largest absolute Gasteiger partial charge is 0.433 e. The van der Waals surface area contributed by atoms with Crippen LogP contribution in [-0.2, 0) is 12.4 Å². The van der Waals surface area contributed by atoms with Crippen molar-refractivity contribution in [3.8, 4) is 0 Å². The van der Waals surface area contributed by atoms with Crippen molar-refractivity contribution in [3.05, 3.63) is 41.1 Å². The summed E-state index contributed by atoms with van der Waals surface area (Å²) in [4.78, 5) is 3.00. The van der Waals surface area contributed by atoms with Crippen molar-refractivity contribution in [2.75, 3.05) is 6.50 Å². The molecule has 0 radical (unpaired) electrons. The average Bonchev–Trinajstić information content (AvgIpc) is 2.68. The van der Waals surface area contributed by atoms with Crippen molar-refractivity contribution in [2.24, 2.45) is 0 Å². The van der Waals surface area contributed by atoms with Gasteiger partial charge in [0.1, 0.15) is 5.69 Å². The van der Waals surface area contributed by atoms with E-state index in [1.807, 2.05) is 0 Å².